The molecule has 0 spiro atoms. The van der Waals surface area contributed by atoms with Crippen molar-refractivity contribution < 1.29 is 10.2 Å². The molecule has 0 fully saturated rings. The Morgan fingerprint density at radius 1 is 1.24 bits per heavy atom. The van der Waals surface area contributed by atoms with E-state index in [0.29, 0.717) is 13.1 Å². The molecule has 0 saturated heterocycles. The maximum absolute atomic E-state index is 9.14. The summed E-state index contributed by atoms with van der Waals surface area (Å²) < 4.78 is 1.70. The molecule has 5 nitrogen and oxygen atoms in total. The van der Waals surface area contributed by atoms with Gasteiger partial charge in [-0.3, -0.25) is 4.68 Å². The number of benzene rings is 1. The molecule has 0 aliphatic heterocycles. The SMILES string of the molecule is OCCn1cc(CNc2ccc(O)cc2)cn1. The van der Waals surface area contributed by atoms with Crippen LogP contribution >= 0.6 is 0 Å². The summed E-state index contributed by atoms with van der Waals surface area (Å²) in [6.07, 6.45) is 3.66. The van der Waals surface area contributed by atoms with E-state index >= 15 is 0 Å². The number of phenols is 1. The molecule has 0 saturated carbocycles. The molecule has 0 unspecified atom stereocenters. The summed E-state index contributed by atoms with van der Waals surface area (Å²) in [5.74, 6) is 0.256. The minimum atomic E-state index is 0.0898. The summed E-state index contributed by atoms with van der Waals surface area (Å²) in [4.78, 5) is 0. The zero-order chi connectivity index (χ0) is 12.1. The number of rotatable bonds is 5. The van der Waals surface area contributed by atoms with Gasteiger partial charge in [0, 0.05) is 24.0 Å². The molecule has 2 rings (SSSR count). The molecule has 1 heterocycles. The summed E-state index contributed by atoms with van der Waals surface area (Å²) in [6.45, 7) is 1.27. The zero-order valence-electron chi connectivity index (χ0n) is 9.37. The van der Waals surface area contributed by atoms with Gasteiger partial charge < -0.3 is 15.5 Å². The summed E-state index contributed by atoms with van der Waals surface area (Å²) in [6, 6.07) is 6.90. The average molecular weight is 233 g/mol. The third-order valence-electron chi connectivity index (χ3n) is 2.38. The molecular weight excluding hydrogens is 218 g/mol. The Balaban J connectivity index is 1.90. The van der Waals surface area contributed by atoms with Crippen LogP contribution in [-0.4, -0.2) is 26.6 Å². The number of aromatic hydroxyl groups is 1. The number of nitrogens with zero attached hydrogens (tertiary/aromatic N) is 2. The Kier molecular flexibility index (Phi) is 3.62. The normalized spacial score (nSPS) is 10.4. The Labute approximate surface area is 99.3 Å². The lowest BCUT2D eigenvalue weighted by molar-refractivity contribution is 0.269. The van der Waals surface area contributed by atoms with Crippen molar-refractivity contribution in [1.29, 1.82) is 0 Å². The molecule has 0 amide bonds. The first-order valence-electron chi connectivity index (χ1n) is 5.43. The largest absolute Gasteiger partial charge is 0.508 e. The highest BCUT2D eigenvalue weighted by Gasteiger charge is 1.98. The Hall–Kier alpha value is -2.01. The lowest BCUT2D eigenvalue weighted by Gasteiger charge is -2.04. The Bertz CT molecular complexity index is 465. The van der Waals surface area contributed by atoms with Gasteiger partial charge in [0.15, 0.2) is 0 Å². The average Bonchev–Trinajstić information content (AvgIpc) is 2.77. The quantitative estimate of drug-likeness (QED) is 0.678. The second-order valence-corrected chi connectivity index (χ2v) is 3.74. The summed E-state index contributed by atoms with van der Waals surface area (Å²) in [7, 11) is 0. The zero-order valence-corrected chi connectivity index (χ0v) is 9.37. The van der Waals surface area contributed by atoms with Gasteiger partial charge in [0.25, 0.3) is 0 Å². The van der Waals surface area contributed by atoms with Crippen molar-refractivity contribution in [3.63, 3.8) is 0 Å². The van der Waals surface area contributed by atoms with Crippen molar-refractivity contribution in [3.05, 3.63) is 42.2 Å². The van der Waals surface area contributed by atoms with E-state index < -0.39 is 0 Å². The number of aliphatic hydroxyl groups is 1. The molecular formula is C12H15N3O2. The van der Waals surface area contributed by atoms with Crippen LogP contribution in [0.15, 0.2) is 36.7 Å². The topological polar surface area (TPSA) is 70.3 Å². The van der Waals surface area contributed by atoms with Gasteiger partial charge in [0.05, 0.1) is 19.3 Å². The molecule has 1 aromatic carbocycles. The number of aromatic nitrogens is 2. The number of hydrogen-bond donors (Lipinski definition) is 3. The van der Waals surface area contributed by atoms with E-state index in [2.05, 4.69) is 10.4 Å². The van der Waals surface area contributed by atoms with E-state index in [0.717, 1.165) is 11.3 Å². The first kappa shape index (κ1) is 11.5. The van der Waals surface area contributed by atoms with Crippen LogP contribution in [0.4, 0.5) is 5.69 Å². The fourth-order valence-corrected chi connectivity index (χ4v) is 1.51. The first-order chi connectivity index (χ1) is 8.28. The highest BCUT2D eigenvalue weighted by atomic mass is 16.3. The molecule has 0 aliphatic carbocycles. The number of hydrogen-bond acceptors (Lipinski definition) is 4. The molecule has 5 heteroatoms. The van der Waals surface area contributed by atoms with Gasteiger partial charge in [0.1, 0.15) is 5.75 Å². The van der Waals surface area contributed by atoms with Gasteiger partial charge in [-0.15, -0.1) is 0 Å². The van der Waals surface area contributed by atoms with Crippen molar-refractivity contribution in [2.75, 3.05) is 11.9 Å². The summed E-state index contributed by atoms with van der Waals surface area (Å²) in [5.41, 5.74) is 1.99. The molecule has 0 aliphatic rings. The van der Waals surface area contributed by atoms with Crippen molar-refractivity contribution in [1.82, 2.24) is 9.78 Å². The number of anilines is 1. The molecule has 1 aromatic heterocycles. The number of phenolic OH excluding ortho intramolecular Hbond substituents is 1. The van der Waals surface area contributed by atoms with Crippen LogP contribution in [0, 0.1) is 0 Å². The van der Waals surface area contributed by atoms with Gasteiger partial charge in [-0.05, 0) is 24.3 Å². The Morgan fingerprint density at radius 3 is 2.71 bits per heavy atom. The minimum absolute atomic E-state index is 0.0898. The van der Waals surface area contributed by atoms with Gasteiger partial charge in [0.2, 0.25) is 0 Å². The molecule has 90 valence electrons. The van der Waals surface area contributed by atoms with Crippen LogP contribution in [0.1, 0.15) is 5.56 Å². The summed E-state index contributed by atoms with van der Waals surface area (Å²) in [5, 5.41) is 25.2. The monoisotopic (exact) mass is 233 g/mol. The first-order valence-corrected chi connectivity index (χ1v) is 5.43. The van der Waals surface area contributed by atoms with Gasteiger partial charge in [-0.2, -0.15) is 5.10 Å². The lowest BCUT2D eigenvalue weighted by Crippen LogP contribution is -2.02. The second kappa shape index (κ2) is 5.36. The van der Waals surface area contributed by atoms with Crippen LogP contribution in [0.5, 0.6) is 5.75 Å². The van der Waals surface area contributed by atoms with E-state index in [1.807, 2.05) is 18.3 Å². The van der Waals surface area contributed by atoms with Crippen LogP contribution in [0.3, 0.4) is 0 Å². The second-order valence-electron chi connectivity index (χ2n) is 3.74. The van der Waals surface area contributed by atoms with Gasteiger partial charge in [-0.25, -0.2) is 0 Å². The van der Waals surface area contributed by atoms with Crippen LogP contribution in [0.25, 0.3) is 0 Å². The molecule has 0 atom stereocenters. The third-order valence-corrected chi connectivity index (χ3v) is 2.38. The fraction of sp³-hybridized carbons (Fsp3) is 0.250. The van der Waals surface area contributed by atoms with E-state index in [1.165, 1.54) is 0 Å². The van der Waals surface area contributed by atoms with E-state index in [1.54, 1.807) is 23.0 Å². The smallest absolute Gasteiger partial charge is 0.115 e. The standard InChI is InChI=1S/C12H15N3O2/c16-6-5-15-9-10(8-14-15)7-13-11-1-3-12(17)4-2-11/h1-4,8-9,13,16-17H,5-7H2. The number of nitrogens with one attached hydrogen (secondary N) is 1. The fourth-order valence-electron chi connectivity index (χ4n) is 1.51. The maximum atomic E-state index is 9.14. The molecule has 0 radical (unpaired) electrons. The van der Waals surface area contributed by atoms with Crippen LogP contribution < -0.4 is 5.32 Å². The lowest BCUT2D eigenvalue weighted by atomic mass is 10.3. The van der Waals surface area contributed by atoms with E-state index in [-0.39, 0.29) is 12.4 Å². The van der Waals surface area contributed by atoms with Crippen molar-refractivity contribution >= 4 is 5.69 Å². The van der Waals surface area contributed by atoms with Crippen LogP contribution in [-0.2, 0) is 13.1 Å². The van der Waals surface area contributed by atoms with Crippen molar-refractivity contribution in [3.8, 4) is 5.75 Å². The molecule has 2 aromatic rings. The number of aliphatic hydroxyl groups excluding tert-OH is 1. The highest BCUT2D eigenvalue weighted by Crippen LogP contribution is 2.14. The molecule has 17 heavy (non-hydrogen) atoms. The van der Waals surface area contributed by atoms with E-state index in [9.17, 15) is 0 Å². The van der Waals surface area contributed by atoms with Crippen LogP contribution in [0.2, 0.25) is 0 Å². The molecule has 3 N–H and O–H groups in total. The highest BCUT2D eigenvalue weighted by molar-refractivity contribution is 5.46. The minimum Gasteiger partial charge on any atom is -0.508 e. The predicted octanol–water partition coefficient (Wildman–Crippen LogP) is 1.19. The summed E-state index contributed by atoms with van der Waals surface area (Å²) >= 11 is 0. The molecule has 0 bridgehead atoms. The maximum Gasteiger partial charge on any atom is 0.115 e. The van der Waals surface area contributed by atoms with E-state index in [4.69, 9.17) is 10.2 Å². The van der Waals surface area contributed by atoms with Crippen molar-refractivity contribution in [2.45, 2.75) is 13.1 Å². The van der Waals surface area contributed by atoms with Gasteiger partial charge in [-0.1, -0.05) is 0 Å². The Morgan fingerprint density at radius 2 is 2.00 bits per heavy atom. The van der Waals surface area contributed by atoms with Crippen molar-refractivity contribution in [2.24, 2.45) is 0 Å². The predicted molar refractivity (Wildman–Crippen MR) is 64.7 cm³/mol. The van der Waals surface area contributed by atoms with Gasteiger partial charge >= 0.3 is 0 Å². The third kappa shape index (κ3) is 3.22.